The van der Waals surface area contributed by atoms with Crippen molar-refractivity contribution in [2.45, 2.75) is 27.2 Å². The summed E-state index contributed by atoms with van der Waals surface area (Å²) in [6, 6.07) is 0. The lowest BCUT2D eigenvalue weighted by Gasteiger charge is -1.93. The molecule has 0 aliphatic heterocycles. The minimum atomic E-state index is 0.677. The predicted octanol–water partition coefficient (Wildman–Crippen LogP) is 3.00. The SMILES string of the molecule is C\C=N/N=N\C=C/CC(C)C. The molecule has 0 spiro atoms. The van der Waals surface area contributed by atoms with E-state index in [0.29, 0.717) is 5.92 Å². The Morgan fingerprint density at radius 1 is 1.36 bits per heavy atom. The molecular weight excluding hydrogens is 138 g/mol. The molecule has 0 radical (unpaired) electrons. The van der Waals surface area contributed by atoms with Gasteiger partial charge in [-0.15, -0.1) is 10.2 Å². The van der Waals surface area contributed by atoms with Gasteiger partial charge in [-0.1, -0.05) is 19.9 Å². The minimum Gasteiger partial charge on any atom is -0.144 e. The van der Waals surface area contributed by atoms with Crippen molar-refractivity contribution in [2.24, 2.45) is 21.4 Å². The van der Waals surface area contributed by atoms with Crippen LogP contribution in [-0.2, 0) is 0 Å². The highest BCUT2D eigenvalue weighted by Crippen LogP contribution is 1.99. The third-order valence-electron chi connectivity index (χ3n) is 0.998. The van der Waals surface area contributed by atoms with Gasteiger partial charge in [0.25, 0.3) is 0 Å². The van der Waals surface area contributed by atoms with Crippen molar-refractivity contribution < 1.29 is 0 Å². The molecule has 3 nitrogen and oxygen atoms in total. The predicted molar refractivity (Wildman–Crippen MR) is 47.6 cm³/mol. The summed E-state index contributed by atoms with van der Waals surface area (Å²) in [6.07, 6.45) is 6.29. The normalized spacial score (nSPS) is 13.1. The summed E-state index contributed by atoms with van der Waals surface area (Å²) >= 11 is 0. The number of allylic oxidation sites excluding steroid dienone is 1. The Balaban J connectivity index is 3.44. The molecule has 0 amide bonds. The number of nitrogens with zero attached hydrogens (tertiary/aromatic N) is 3. The van der Waals surface area contributed by atoms with Crippen LogP contribution < -0.4 is 0 Å². The van der Waals surface area contributed by atoms with Gasteiger partial charge >= 0.3 is 0 Å². The summed E-state index contributed by atoms with van der Waals surface area (Å²) in [5.41, 5.74) is 0. The van der Waals surface area contributed by atoms with Crippen molar-refractivity contribution >= 4 is 6.21 Å². The molecular formula is C8H15N3. The molecule has 0 aliphatic carbocycles. The maximum atomic E-state index is 3.68. The standard InChI is InChI=1S/C8H15N3/c1-4-9-11-10-7-5-6-8(2)3/h4-5,7-8H,6H2,1-3H3/b7-5-,9-4-,11-10-. The summed E-state index contributed by atoms with van der Waals surface area (Å²) in [7, 11) is 0. The lowest BCUT2D eigenvalue weighted by atomic mass is 10.1. The van der Waals surface area contributed by atoms with Gasteiger partial charge < -0.3 is 0 Å². The van der Waals surface area contributed by atoms with Crippen LogP contribution in [-0.4, -0.2) is 6.21 Å². The molecule has 3 heteroatoms. The van der Waals surface area contributed by atoms with Crippen LogP contribution in [0.5, 0.6) is 0 Å². The largest absolute Gasteiger partial charge is 0.144 e. The maximum Gasteiger partial charge on any atom is 0.0474 e. The van der Waals surface area contributed by atoms with E-state index in [4.69, 9.17) is 0 Å². The van der Waals surface area contributed by atoms with E-state index in [1.165, 1.54) is 0 Å². The van der Waals surface area contributed by atoms with Crippen molar-refractivity contribution in [1.29, 1.82) is 0 Å². The summed E-state index contributed by atoms with van der Waals surface area (Å²) in [6.45, 7) is 6.12. The van der Waals surface area contributed by atoms with Gasteiger partial charge in [0.05, 0.1) is 0 Å². The van der Waals surface area contributed by atoms with Crippen LogP contribution in [0.1, 0.15) is 27.2 Å². The Morgan fingerprint density at radius 3 is 2.64 bits per heavy atom. The Morgan fingerprint density at radius 2 is 2.09 bits per heavy atom. The Kier molecular flexibility index (Phi) is 6.48. The molecule has 0 atom stereocenters. The summed E-state index contributed by atoms with van der Waals surface area (Å²) in [4.78, 5) is 0. The lowest BCUT2D eigenvalue weighted by Crippen LogP contribution is -1.80. The van der Waals surface area contributed by atoms with Gasteiger partial charge in [0.15, 0.2) is 0 Å². The fourth-order valence-electron chi connectivity index (χ4n) is 0.491. The third-order valence-corrected chi connectivity index (χ3v) is 0.998. The van der Waals surface area contributed by atoms with Crippen molar-refractivity contribution in [2.75, 3.05) is 0 Å². The second-order valence-electron chi connectivity index (χ2n) is 2.59. The van der Waals surface area contributed by atoms with Crippen LogP contribution in [0.2, 0.25) is 0 Å². The number of hydrogen-bond acceptors (Lipinski definition) is 2. The highest BCUT2D eigenvalue weighted by molar-refractivity contribution is 5.52. The van der Waals surface area contributed by atoms with Crippen molar-refractivity contribution in [3.05, 3.63) is 12.3 Å². The average Bonchev–Trinajstić information content (AvgIpc) is 1.96. The number of hydrogen-bond donors (Lipinski definition) is 0. The fourth-order valence-corrected chi connectivity index (χ4v) is 0.491. The molecule has 0 unspecified atom stereocenters. The first-order valence-electron chi connectivity index (χ1n) is 3.80. The second-order valence-corrected chi connectivity index (χ2v) is 2.59. The van der Waals surface area contributed by atoms with E-state index in [9.17, 15) is 0 Å². The van der Waals surface area contributed by atoms with Crippen LogP contribution in [0, 0.1) is 5.92 Å². The second kappa shape index (κ2) is 7.12. The zero-order chi connectivity index (χ0) is 8.53. The monoisotopic (exact) mass is 153 g/mol. The van der Waals surface area contributed by atoms with Gasteiger partial charge in [0, 0.05) is 12.4 Å². The van der Waals surface area contributed by atoms with Gasteiger partial charge in [0.1, 0.15) is 0 Å². The van der Waals surface area contributed by atoms with Gasteiger partial charge in [-0.2, -0.15) is 0 Å². The lowest BCUT2D eigenvalue weighted by molar-refractivity contribution is 0.662. The molecule has 0 saturated carbocycles. The van der Waals surface area contributed by atoms with Crippen LogP contribution in [0.3, 0.4) is 0 Å². The van der Waals surface area contributed by atoms with Crippen molar-refractivity contribution in [3.8, 4) is 0 Å². The van der Waals surface area contributed by atoms with Crippen molar-refractivity contribution in [3.63, 3.8) is 0 Å². The smallest absolute Gasteiger partial charge is 0.0474 e. The zero-order valence-corrected chi connectivity index (χ0v) is 7.36. The molecule has 0 aliphatic rings. The van der Waals surface area contributed by atoms with Crippen LogP contribution >= 0.6 is 0 Å². The highest BCUT2D eigenvalue weighted by atomic mass is 15.3. The molecule has 0 aromatic heterocycles. The van der Waals surface area contributed by atoms with Gasteiger partial charge in [-0.3, -0.25) is 0 Å². The first kappa shape index (κ1) is 10.0. The Labute approximate surface area is 67.9 Å². The topological polar surface area (TPSA) is 37.1 Å². The molecule has 11 heavy (non-hydrogen) atoms. The van der Waals surface area contributed by atoms with E-state index in [-0.39, 0.29) is 0 Å². The molecule has 62 valence electrons. The molecule has 0 aromatic carbocycles. The van der Waals surface area contributed by atoms with Gasteiger partial charge in [0.2, 0.25) is 0 Å². The maximum absolute atomic E-state index is 3.68. The molecule has 0 N–H and O–H groups in total. The molecule has 0 saturated heterocycles. The van der Waals surface area contributed by atoms with E-state index in [1.807, 2.05) is 6.08 Å². The first-order valence-corrected chi connectivity index (χ1v) is 3.80. The van der Waals surface area contributed by atoms with E-state index in [1.54, 1.807) is 19.3 Å². The van der Waals surface area contributed by atoms with Gasteiger partial charge in [-0.05, 0) is 24.5 Å². The summed E-state index contributed by atoms with van der Waals surface area (Å²) in [5.74, 6) is 0.677. The molecule has 0 fully saturated rings. The summed E-state index contributed by atoms with van der Waals surface area (Å²) in [5, 5.41) is 10.7. The van der Waals surface area contributed by atoms with E-state index >= 15 is 0 Å². The van der Waals surface area contributed by atoms with Crippen LogP contribution in [0.4, 0.5) is 0 Å². The highest BCUT2D eigenvalue weighted by Gasteiger charge is 1.85. The van der Waals surface area contributed by atoms with Crippen LogP contribution in [0.25, 0.3) is 0 Å². The van der Waals surface area contributed by atoms with Gasteiger partial charge in [-0.25, -0.2) is 0 Å². The Hall–Kier alpha value is -0.990. The fraction of sp³-hybridized carbons (Fsp3) is 0.625. The molecule has 0 rings (SSSR count). The molecule has 0 heterocycles. The third kappa shape index (κ3) is 9.01. The van der Waals surface area contributed by atoms with E-state index in [0.717, 1.165) is 6.42 Å². The summed E-state index contributed by atoms with van der Waals surface area (Å²) < 4.78 is 0. The van der Waals surface area contributed by atoms with Crippen molar-refractivity contribution in [1.82, 2.24) is 0 Å². The molecule has 0 aromatic rings. The van der Waals surface area contributed by atoms with E-state index in [2.05, 4.69) is 29.3 Å². The first-order chi connectivity index (χ1) is 5.27. The average molecular weight is 153 g/mol. The number of rotatable bonds is 4. The minimum absolute atomic E-state index is 0.677. The van der Waals surface area contributed by atoms with E-state index < -0.39 is 0 Å². The quantitative estimate of drug-likeness (QED) is 0.338. The molecule has 0 bridgehead atoms. The zero-order valence-electron chi connectivity index (χ0n) is 7.36. The Bertz CT molecular complexity index is 157. The van der Waals surface area contributed by atoms with Crippen LogP contribution in [0.15, 0.2) is 27.7 Å².